The highest BCUT2D eigenvalue weighted by atomic mass is 32.1. The summed E-state index contributed by atoms with van der Waals surface area (Å²) in [5.41, 5.74) is 9.78. The van der Waals surface area contributed by atoms with Crippen molar-refractivity contribution in [3.05, 3.63) is 199 Å². The number of hydrogen-bond donors (Lipinski definition) is 2. The van der Waals surface area contributed by atoms with Crippen LogP contribution >= 0.6 is 11.3 Å². The Labute approximate surface area is 301 Å². The Morgan fingerprint density at radius 3 is 1.80 bits per heavy atom. The van der Waals surface area contributed by atoms with Gasteiger partial charge in [-0.05, 0) is 84.8 Å². The van der Waals surface area contributed by atoms with Gasteiger partial charge in [-0.3, -0.25) is 5.32 Å². The monoisotopic (exact) mass is 670 g/mol. The summed E-state index contributed by atoms with van der Waals surface area (Å²) >= 11 is 1.89. The Morgan fingerprint density at radius 1 is 0.431 bits per heavy atom. The molecule has 0 fully saturated rings. The van der Waals surface area contributed by atoms with Crippen LogP contribution in [0.1, 0.15) is 28.9 Å². The Balaban J connectivity index is 0.960. The second-order valence-electron chi connectivity index (χ2n) is 13.4. The van der Waals surface area contributed by atoms with E-state index in [9.17, 15) is 0 Å². The number of thiophene rings is 1. The van der Waals surface area contributed by atoms with E-state index in [1.165, 1.54) is 80.7 Å². The van der Waals surface area contributed by atoms with Crippen LogP contribution in [0.15, 0.2) is 182 Å². The summed E-state index contributed by atoms with van der Waals surface area (Å²) in [6, 6.07) is 64.2. The minimum Gasteiger partial charge on any atom is -0.366 e. The predicted molar refractivity (Wildman–Crippen MR) is 218 cm³/mol. The summed E-state index contributed by atoms with van der Waals surface area (Å²) in [5, 5.41) is 15.3. The Morgan fingerprint density at radius 2 is 1.04 bits per heavy atom. The zero-order valence-electron chi connectivity index (χ0n) is 27.9. The molecule has 242 valence electrons. The van der Waals surface area contributed by atoms with Gasteiger partial charge in [-0.2, -0.15) is 0 Å². The van der Waals surface area contributed by atoms with Crippen LogP contribution < -0.4 is 10.6 Å². The summed E-state index contributed by atoms with van der Waals surface area (Å²) in [4.78, 5) is 0. The van der Waals surface area contributed by atoms with Gasteiger partial charge in [0.25, 0.3) is 0 Å². The van der Waals surface area contributed by atoms with Gasteiger partial charge in [0.15, 0.2) is 0 Å². The molecule has 0 spiro atoms. The van der Waals surface area contributed by atoms with Gasteiger partial charge in [0.2, 0.25) is 0 Å². The fourth-order valence-electron chi connectivity index (χ4n) is 7.73. The molecule has 1 aliphatic rings. The highest BCUT2D eigenvalue weighted by molar-refractivity contribution is 7.26. The molecule has 2 heterocycles. The van der Waals surface area contributed by atoms with E-state index in [1.54, 1.807) is 0 Å². The summed E-state index contributed by atoms with van der Waals surface area (Å²) in [6.07, 6.45) is 2.31. The number of nitrogens with one attached hydrogen (secondary N) is 2. The van der Waals surface area contributed by atoms with Crippen molar-refractivity contribution in [2.75, 3.05) is 0 Å². The van der Waals surface area contributed by atoms with E-state index >= 15 is 0 Å². The van der Waals surface area contributed by atoms with Crippen LogP contribution in [0.5, 0.6) is 0 Å². The maximum Gasteiger partial charge on any atom is 0.104 e. The minimum absolute atomic E-state index is 0.00648. The lowest BCUT2D eigenvalue weighted by Crippen LogP contribution is -2.39. The van der Waals surface area contributed by atoms with Crippen molar-refractivity contribution in [3.8, 4) is 22.3 Å². The van der Waals surface area contributed by atoms with Crippen LogP contribution in [0.4, 0.5) is 0 Å². The molecule has 10 rings (SSSR count). The maximum atomic E-state index is 3.79. The lowest BCUT2D eigenvalue weighted by Gasteiger charge is -2.33. The third-order valence-electron chi connectivity index (χ3n) is 10.4. The molecule has 0 amide bonds. The van der Waals surface area contributed by atoms with Crippen molar-refractivity contribution in [2.24, 2.45) is 0 Å². The summed E-state index contributed by atoms with van der Waals surface area (Å²) in [7, 11) is 0. The molecule has 0 radical (unpaired) electrons. The van der Waals surface area contributed by atoms with Crippen LogP contribution in [-0.2, 0) is 0 Å². The Hall–Kier alpha value is -6.00. The largest absolute Gasteiger partial charge is 0.366 e. The Bertz CT molecular complexity index is 2740. The van der Waals surface area contributed by atoms with E-state index in [0.717, 1.165) is 5.70 Å². The number of rotatable bonds is 5. The van der Waals surface area contributed by atoms with Gasteiger partial charge in [-0.25, -0.2) is 0 Å². The van der Waals surface area contributed by atoms with Gasteiger partial charge in [-0.15, -0.1) is 11.3 Å². The highest BCUT2D eigenvalue weighted by Crippen LogP contribution is 2.41. The molecule has 1 aliphatic heterocycles. The third-order valence-corrected chi connectivity index (χ3v) is 11.6. The van der Waals surface area contributed by atoms with Crippen LogP contribution in [0.2, 0.25) is 0 Å². The van der Waals surface area contributed by atoms with Gasteiger partial charge in [0.05, 0.1) is 6.04 Å². The first-order valence-corrected chi connectivity index (χ1v) is 18.4. The van der Waals surface area contributed by atoms with Crippen molar-refractivity contribution in [1.29, 1.82) is 0 Å². The van der Waals surface area contributed by atoms with Crippen molar-refractivity contribution in [2.45, 2.75) is 12.2 Å². The predicted octanol–water partition coefficient (Wildman–Crippen LogP) is 12.7. The van der Waals surface area contributed by atoms with Crippen molar-refractivity contribution >= 4 is 58.8 Å². The van der Waals surface area contributed by atoms with E-state index in [2.05, 4.69) is 193 Å². The van der Waals surface area contributed by atoms with E-state index in [4.69, 9.17) is 0 Å². The Kier molecular flexibility index (Phi) is 7.26. The quantitative estimate of drug-likeness (QED) is 0.178. The van der Waals surface area contributed by atoms with Crippen molar-refractivity contribution in [1.82, 2.24) is 10.6 Å². The maximum absolute atomic E-state index is 3.79. The van der Waals surface area contributed by atoms with Crippen LogP contribution in [0.3, 0.4) is 0 Å². The van der Waals surface area contributed by atoms with Gasteiger partial charge in [0.1, 0.15) is 6.17 Å². The highest BCUT2D eigenvalue weighted by Gasteiger charge is 2.24. The van der Waals surface area contributed by atoms with E-state index in [-0.39, 0.29) is 12.2 Å². The second-order valence-corrected chi connectivity index (χ2v) is 14.5. The van der Waals surface area contributed by atoms with E-state index in [1.807, 2.05) is 11.3 Å². The van der Waals surface area contributed by atoms with Gasteiger partial charge in [0, 0.05) is 25.9 Å². The summed E-state index contributed by atoms with van der Waals surface area (Å²) in [6.45, 7) is 0. The first-order valence-electron chi connectivity index (χ1n) is 17.6. The number of fused-ring (bicyclic) bond motifs is 6. The topological polar surface area (TPSA) is 24.1 Å². The van der Waals surface area contributed by atoms with Crippen LogP contribution in [-0.4, -0.2) is 0 Å². The minimum atomic E-state index is 0.00648. The fraction of sp³-hybridized carbons (Fsp3) is 0.0417. The van der Waals surface area contributed by atoms with Crippen LogP contribution in [0.25, 0.3) is 69.7 Å². The average molecular weight is 671 g/mol. The molecule has 0 saturated carbocycles. The molecule has 3 heteroatoms. The van der Waals surface area contributed by atoms with Gasteiger partial charge in [-0.1, -0.05) is 158 Å². The fourth-order valence-corrected chi connectivity index (χ4v) is 8.97. The molecule has 0 aliphatic carbocycles. The smallest absolute Gasteiger partial charge is 0.104 e. The molecule has 2 unspecified atom stereocenters. The molecule has 2 atom stereocenters. The first-order chi connectivity index (χ1) is 25.2. The molecular formula is C48H34N2S. The molecule has 0 saturated heterocycles. The van der Waals surface area contributed by atoms with E-state index in [0.29, 0.717) is 0 Å². The first kappa shape index (κ1) is 29.9. The van der Waals surface area contributed by atoms with Gasteiger partial charge >= 0.3 is 0 Å². The van der Waals surface area contributed by atoms with Gasteiger partial charge < -0.3 is 5.32 Å². The molecular weight excluding hydrogens is 637 g/mol. The molecule has 1 aromatic heterocycles. The van der Waals surface area contributed by atoms with E-state index < -0.39 is 0 Å². The number of benzene rings is 8. The zero-order valence-corrected chi connectivity index (χ0v) is 28.7. The lowest BCUT2D eigenvalue weighted by molar-refractivity contribution is 0.442. The number of hydrogen-bond acceptors (Lipinski definition) is 3. The molecule has 0 bridgehead atoms. The normalized spacial score (nSPS) is 16.0. The van der Waals surface area contributed by atoms with Crippen molar-refractivity contribution < 1.29 is 0 Å². The van der Waals surface area contributed by atoms with Crippen LogP contribution in [0, 0.1) is 0 Å². The summed E-state index contributed by atoms with van der Waals surface area (Å²) in [5.74, 6) is 0. The molecule has 2 nitrogen and oxygen atoms in total. The summed E-state index contributed by atoms with van der Waals surface area (Å²) < 4.78 is 2.69. The third kappa shape index (κ3) is 5.39. The average Bonchev–Trinajstić information content (AvgIpc) is 3.60. The molecule has 51 heavy (non-hydrogen) atoms. The van der Waals surface area contributed by atoms with Crippen molar-refractivity contribution in [3.63, 3.8) is 0 Å². The standard InChI is InChI=1S/C48H34N2S/c1-3-10-32(11-4-1)44-30-45(50-48(49-44)34-12-5-2-6-13-34)33-20-18-31(19-21-33)35-24-26-39-36(28-35)22-23-37-29-38(25-27-40(37)39)41-15-9-16-43-42-14-7-8-17-46(42)51-47(41)43/h1-30,44,48-50H. The zero-order chi connectivity index (χ0) is 33.7. The second kappa shape index (κ2) is 12.4. The lowest BCUT2D eigenvalue weighted by atomic mass is 9.94. The molecule has 9 aromatic rings. The SMILES string of the molecule is C1=C(c2ccc(-c3ccc4c(ccc5cc(-c6cccc7c6sc6ccccc67)ccc54)c3)cc2)NC(c2ccccc2)NC1c1ccccc1. The molecule has 8 aromatic carbocycles. The molecule has 2 N–H and O–H groups in total.